The Labute approximate surface area is 184 Å². The number of benzene rings is 2. The van der Waals surface area contributed by atoms with Crippen LogP contribution in [0.15, 0.2) is 66.7 Å². The van der Waals surface area contributed by atoms with Gasteiger partial charge in [0, 0.05) is 35.3 Å². The summed E-state index contributed by atoms with van der Waals surface area (Å²) in [5, 5.41) is 16.9. The molecule has 1 aliphatic rings. The van der Waals surface area contributed by atoms with Gasteiger partial charge in [-0.1, -0.05) is 48.0 Å². The molecule has 1 aliphatic heterocycles. The van der Waals surface area contributed by atoms with Crippen LogP contribution in [0.4, 0.5) is 11.5 Å². The van der Waals surface area contributed by atoms with Crippen LogP contribution in [0.2, 0.25) is 5.02 Å². The van der Waals surface area contributed by atoms with Crippen molar-refractivity contribution < 1.29 is 4.79 Å². The van der Waals surface area contributed by atoms with E-state index < -0.39 is 0 Å². The van der Waals surface area contributed by atoms with Gasteiger partial charge in [0.1, 0.15) is 5.82 Å². The summed E-state index contributed by atoms with van der Waals surface area (Å²) in [5.41, 5.74) is 2.41. The van der Waals surface area contributed by atoms with Gasteiger partial charge in [-0.15, -0.1) is 15.3 Å². The van der Waals surface area contributed by atoms with Gasteiger partial charge in [-0.3, -0.25) is 4.79 Å². The van der Waals surface area contributed by atoms with Gasteiger partial charge in [-0.25, -0.2) is 0 Å². The van der Waals surface area contributed by atoms with E-state index in [1.165, 1.54) is 0 Å². The molecule has 1 N–H and O–H groups in total. The van der Waals surface area contributed by atoms with Crippen molar-refractivity contribution in [3.63, 3.8) is 0 Å². The number of carbonyl (C=O) groups is 1. The topological polar surface area (TPSA) is 75.4 Å². The highest BCUT2D eigenvalue weighted by molar-refractivity contribution is 6.30. The summed E-state index contributed by atoms with van der Waals surface area (Å²) < 4.78 is 1.78. The fourth-order valence-electron chi connectivity index (χ4n) is 3.90. The predicted molar refractivity (Wildman–Crippen MR) is 121 cm³/mol. The molecule has 156 valence electrons. The van der Waals surface area contributed by atoms with E-state index in [-0.39, 0.29) is 11.8 Å². The summed E-state index contributed by atoms with van der Waals surface area (Å²) in [5.74, 6) is 1.58. The Balaban J connectivity index is 1.28. The van der Waals surface area contributed by atoms with E-state index in [0.29, 0.717) is 16.5 Å². The number of aromatic nitrogens is 4. The molecule has 3 heterocycles. The molecule has 0 aliphatic carbocycles. The molecule has 8 heteroatoms. The maximum atomic E-state index is 12.7. The maximum Gasteiger partial charge on any atom is 0.227 e. The zero-order valence-electron chi connectivity index (χ0n) is 16.8. The van der Waals surface area contributed by atoms with Crippen molar-refractivity contribution >= 4 is 34.7 Å². The molecule has 2 aromatic carbocycles. The molecule has 0 spiro atoms. The smallest absolute Gasteiger partial charge is 0.227 e. The van der Waals surface area contributed by atoms with Gasteiger partial charge in [0.25, 0.3) is 0 Å². The average Bonchev–Trinajstić information content (AvgIpc) is 3.23. The number of piperidine rings is 1. The molecule has 0 bridgehead atoms. The molecule has 2 aromatic heterocycles. The van der Waals surface area contributed by atoms with Gasteiger partial charge in [-0.05, 0) is 43.2 Å². The van der Waals surface area contributed by atoms with Gasteiger partial charge < -0.3 is 10.2 Å². The second-order valence-corrected chi connectivity index (χ2v) is 8.05. The first-order valence-corrected chi connectivity index (χ1v) is 10.6. The zero-order valence-corrected chi connectivity index (χ0v) is 17.5. The summed E-state index contributed by atoms with van der Waals surface area (Å²) >= 11 is 6.01. The number of nitrogens with one attached hydrogen (secondary N) is 1. The Hall–Kier alpha value is -3.45. The summed E-state index contributed by atoms with van der Waals surface area (Å²) in [6.07, 6.45) is 1.53. The minimum Gasteiger partial charge on any atom is -0.355 e. The van der Waals surface area contributed by atoms with Gasteiger partial charge in [0.2, 0.25) is 5.91 Å². The number of nitrogens with zero attached hydrogens (tertiary/aromatic N) is 5. The zero-order chi connectivity index (χ0) is 21.2. The standard InChI is InChI=1S/C23H21ClN6O/c24-18-7-4-8-19(15-18)25-23(31)17-11-13-29(14-12-17)21-10-9-20-26-27-22(30(20)28-21)16-5-2-1-3-6-16/h1-10,15,17H,11-14H2,(H,25,31). The van der Waals surface area contributed by atoms with E-state index in [2.05, 4.69) is 20.4 Å². The lowest BCUT2D eigenvalue weighted by Crippen LogP contribution is -2.38. The first kappa shape index (κ1) is 19.5. The quantitative estimate of drug-likeness (QED) is 0.520. The van der Waals surface area contributed by atoms with Crippen LogP contribution < -0.4 is 10.2 Å². The van der Waals surface area contributed by atoms with Crippen LogP contribution in [0.25, 0.3) is 17.0 Å². The first-order chi connectivity index (χ1) is 15.2. The molecule has 31 heavy (non-hydrogen) atoms. The highest BCUT2D eigenvalue weighted by Crippen LogP contribution is 2.25. The van der Waals surface area contributed by atoms with Crippen molar-refractivity contribution in [2.24, 2.45) is 5.92 Å². The molecule has 0 radical (unpaired) electrons. The lowest BCUT2D eigenvalue weighted by Gasteiger charge is -2.32. The molecule has 0 unspecified atom stereocenters. The number of rotatable bonds is 4. The number of fused-ring (bicyclic) bond motifs is 1. The lowest BCUT2D eigenvalue weighted by molar-refractivity contribution is -0.120. The highest BCUT2D eigenvalue weighted by Gasteiger charge is 2.26. The van der Waals surface area contributed by atoms with E-state index in [4.69, 9.17) is 16.7 Å². The van der Waals surface area contributed by atoms with Crippen LogP contribution in [-0.2, 0) is 4.79 Å². The fourth-order valence-corrected chi connectivity index (χ4v) is 4.09. The van der Waals surface area contributed by atoms with Crippen molar-refractivity contribution in [3.05, 3.63) is 71.8 Å². The third-order valence-electron chi connectivity index (χ3n) is 5.56. The number of anilines is 2. The predicted octanol–water partition coefficient (Wildman–Crippen LogP) is 4.30. The van der Waals surface area contributed by atoms with Crippen LogP contribution >= 0.6 is 11.6 Å². The Kier molecular flexibility index (Phi) is 5.26. The molecule has 1 amide bonds. The number of carbonyl (C=O) groups excluding carboxylic acids is 1. The molecule has 4 aromatic rings. The monoisotopic (exact) mass is 432 g/mol. The molecule has 0 saturated carbocycles. The first-order valence-electron chi connectivity index (χ1n) is 10.3. The van der Waals surface area contributed by atoms with Gasteiger partial charge in [0.05, 0.1) is 0 Å². The number of halogens is 1. The van der Waals surface area contributed by atoms with Crippen LogP contribution in [0.1, 0.15) is 12.8 Å². The fraction of sp³-hybridized carbons (Fsp3) is 0.217. The summed E-state index contributed by atoms with van der Waals surface area (Å²) in [7, 11) is 0. The minimum atomic E-state index is -0.0336. The molecule has 7 nitrogen and oxygen atoms in total. The third kappa shape index (κ3) is 4.09. The van der Waals surface area contributed by atoms with E-state index in [9.17, 15) is 4.79 Å². The Morgan fingerprint density at radius 3 is 2.55 bits per heavy atom. The van der Waals surface area contributed by atoms with Crippen LogP contribution in [0.5, 0.6) is 0 Å². The molecular weight excluding hydrogens is 412 g/mol. The van der Waals surface area contributed by atoms with E-state index in [1.807, 2.05) is 54.6 Å². The van der Waals surface area contributed by atoms with Crippen LogP contribution in [-0.4, -0.2) is 38.8 Å². The minimum absolute atomic E-state index is 0.0336. The van der Waals surface area contributed by atoms with Gasteiger partial charge in [0.15, 0.2) is 11.5 Å². The van der Waals surface area contributed by atoms with E-state index in [0.717, 1.165) is 43.0 Å². The Morgan fingerprint density at radius 2 is 1.77 bits per heavy atom. The Morgan fingerprint density at radius 1 is 0.968 bits per heavy atom. The summed E-state index contributed by atoms with van der Waals surface area (Å²) in [4.78, 5) is 14.9. The molecule has 1 fully saturated rings. The maximum absolute atomic E-state index is 12.7. The van der Waals surface area contributed by atoms with Crippen molar-refractivity contribution in [2.45, 2.75) is 12.8 Å². The SMILES string of the molecule is O=C(Nc1cccc(Cl)c1)C1CCN(c2ccc3nnc(-c4ccccc4)n3n2)CC1. The van der Waals surface area contributed by atoms with Gasteiger partial charge in [-0.2, -0.15) is 4.52 Å². The number of hydrogen-bond donors (Lipinski definition) is 1. The average molecular weight is 433 g/mol. The third-order valence-corrected chi connectivity index (χ3v) is 5.80. The highest BCUT2D eigenvalue weighted by atomic mass is 35.5. The molecule has 0 atom stereocenters. The largest absolute Gasteiger partial charge is 0.355 e. The summed E-state index contributed by atoms with van der Waals surface area (Å²) in [6.45, 7) is 1.52. The van der Waals surface area contributed by atoms with Crippen molar-refractivity contribution in [2.75, 3.05) is 23.3 Å². The lowest BCUT2D eigenvalue weighted by atomic mass is 9.96. The van der Waals surface area contributed by atoms with Crippen molar-refractivity contribution in [1.29, 1.82) is 0 Å². The molecule has 5 rings (SSSR count). The van der Waals surface area contributed by atoms with E-state index >= 15 is 0 Å². The van der Waals surface area contributed by atoms with Crippen LogP contribution in [0, 0.1) is 5.92 Å². The second kappa shape index (κ2) is 8.35. The normalized spacial score (nSPS) is 14.7. The van der Waals surface area contributed by atoms with Gasteiger partial charge >= 0.3 is 0 Å². The number of hydrogen-bond acceptors (Lipinski definition) is 5. The Bertz CT molecular complexity index is 1220. The molecular formula is C23H21ClN6O. The van der Waals surface area contributed by atoms with Crippen molar-refractivity contribution in [3.8, 4) is 11.4 Å². The molecule has 1 saturated heterocycles. The second-order valence-electron chi connectivity index (χ2n) is 7.61. The van der Waals surface area contributed by atoms with E-state index in [1.54, 1.807) is 16.6 Å². The number of amides is 1. The van der Waals surface area contributed by atoms with Crippen LogP contribution in [0.3, 0.4) is 0 Å². The summed E-state index contributed by atoms with van der Waals surface area (Å²) in [6, 6.07) is 21.0. The van der Waals surface area contributed by atoms with Crippen molar-refractivity contribution in [1.82, 2.24) is 19.8 Å².